The molecule has 0 spiro atoms. The summed E-state index contributed by atoms with van der Waals surface area (Å²) >= 11 is 0. The summed E-state index contributed by atoms with van der Waals surface area (Å²) in [5.41, 5.74) is 1.08. The molecule has 0 radical (unpaired) electrons. The molecule has 5 rings (SSSR count). The Balaban J connectivity index is 1.82. The van der Waals surface area contributed by atoms with Crippen LogP contribution in [0, 0.1) is 0 Å². The first kappa shape index (κ1) is 22.2. The van der Waals surface area contributed by atoms with E-state index in [0.29, 0.717) is 22.9 Å². The molecule has 3 aromatic carbocycles. The Morgan fingerprint density at radius 1 is 0.857 bits per heavy atom. The zero-order chi connectivity index (χ0) is 24.5. The predicted molar refractivity (Wildman–Crippen MR) is 133 cm³/mol. The number of pyridine rings is 1. The van der Waals surface area contributed by atoms with E-state index in [2.05, 4.69) is 4.98 Å². The number of nitrogens with zero attached hydrogens (tertiary/aromatic N) is 2. The number of fused-ring (bicyclic) bond motifs is 1. The van der Waals surface area contributed by atoms with Crippen molar-refractivity contribution in [3.8, 4) is 11.5 Å². The van der Waals surface area contributed by atoms with Crippen LogP contribution in [0.2, 0.25) is 0 Å². The number of carbonyl (C=O) groups excluding carboxylic acids is 2. The largest absolute Gasteiger partial charge is 0.506 e. The molecule has 1 amide bonds. The molecule has 4 aromatic rings. The molecule has 35 heavy (non-hydrogen) atoms. The Kier molecular flexibility index (Phi) is 5.66. The average Bonchev–Trinajstić information content (AvgIpc) is 3.17. The SMILES string of the molecule is COc1cccc(OC)c1/C(O)=C1\C(=O)C(=O)N(c2cccc3ccccc23)C1c1ccccn1. The second-order valence-electron chi connectivity index (χ2n) is 7.96. The van der Waals surface area contributed by atoms with Crippen LogP contribution < -0.4 is 14.4 Å². The normalized spacial score (nSPS) is 17.1. The lowest BCUT2D eigenvalue weighted by Crippen LogP contribution is -2.30. The monoisotopic (exact) mass is 466 g/mol. The van der Waals surface area contributed by atoms with Gasteiger partial charge in [0.2, 0.25) is 0 Å². The minimum absolute atomic E-state index is 0.0931. The fourth-order valence-electron chi connectivity index (χ4n) is 4.54. The number of Topliss-reactive ketones (excluding diaryl/α,β-unsaturated/α-hetero) is 1. The molecule has 1 aliphatic heterocycles. The topological polar surface area (TPSA) is 89.0 Å². The summed E-state index contributed by atoms with van der Waals surface area (Å²) in [6.45, 7) is 0. The van der Waals surface area contributed by atoms with Gasteiger partial charge in [-0.2, -0.15) is 0 Å². The average molecular weight is 466 g/mol. The van der Waals surface area contributed by atoms with E-state index >= 15 is 0 Å². The van der Waals surface area contributed by atoms with Crippen LogP contribution in [-0.2, 0) is 9.59 Å². The van der Waals surface area contributed by atoms with Gasteiger partial charge < -0.3 is 14.6 Å². The van der Waals surface area contributed by atoms with Crippen LogP contribution in [0.3, 0.4) is 0 Å². The van der Waals surface area contributed by atoms with Gasteiger partial charge >= 0.3 is 0 Å². The Bertz CT molecular complexity index is 1450. The van der Waals surface area contributed by atoms with Gasteiger partial charge in [-0.15, -0.1) is 0 Å². The van der Waals surface area contributed by atoms with E-state index in [4.69, 9.17) is 9.47 Å². The van der Waals surface area contributed by atoms with Crippen molar-refractivity contribution in [1.29, 1.82) is 0 Å². The fourth-order valence-corrected chi connectivity index (χ4v) is 4.54. The van der Waals surface area contributed by atoms with Crippen LogP contribution in [-0.4, -0.2) is 36.0 Å². The highest BCUT2D eigenvalue weighted by Gasteiger charge is 2.48. The molecule has 1 aromatic heterocycles. The number of rotatable bonds is 5. The fraction of sp³-hybridized carbons (Fsp3) is 0.107. The van der Waals surface area contributed by atoms with Gasteiger partial charge in [-0.1, -0.05) is 48.5 Å². The van der Waals surface area contributed by atoms with E-state index in [1.807, 2.05) is 36.4 Å². The van der Waals surface area contributed by atoms with Crippen molar-refractivity contribution in [2.45, 2.75) is 6.04 Å². The van der Waals surface area contributed by atoms with Crippen LogP contribution in [0.15, 0.2) is 90.6 Å². The summed E-state index contributed by atoms with van der Waals surface area (Å²) < 4.78 is 10.9. The van der Waals surface area contributed by atoms with Crippen LogP contribution in [0.4, 0.5) is 5.69 Å². The summed E-state index contributed by atoms with van der Waals surface area (Å²) in [6.07, 6.45) is 1.59. The van der Waals surface area contributed by atoms with Crippen LogP contribution in [0.1, 0.15) is 17.3 Å². The van der Waals surface area contributed by atoms with E-state index in [1.54, 1.807) is 48.7 Å². The van der Waals surface area contributed by atoms with Crippen molar-refractivity contribution in [2.75, 3.05) is 19.1 Å². The summed E-state index contributed by atoms with van der Waals surface area (Å²) in [5.74, 6) is -1.36. The number of aliphatic hydroxyl groups excluding tert-OH is 1. The summed E-state index contributed by atoms with van der Waals surface area (Å²) in [5, 5.41) is 13.2. The Hall–Kier alpha value is -4.65. The first-order valence-corrected chi connectivity index (χ1v) is 11.0. The highest BCUT2D eigenvalue weighted by molar-refractivity contribution is 6.52. The number of hydrogen-bond donors (Lipinski definition) is 1. The highest BCUT2D eigenvalue weighted by atomic mass is 16.5. The molecule has 0 bridgehead atoms. The summed E-state index contributed by atoms with van der Waals surface area (Å²) in [4.78, 5) is 32.9. The third-order valence-corrected chi connectivity index (χ3v) is 6.10. The summed E-state index contributed by atoms with van der Waals surface area (Å²) in [6, 6.07) is 22.4. The Labute approximate surface area is 201 Å². The van der Waals surface area contributed by atoms with E-state index in [9.17, 15) is 14.7 Å². The molecular formula is C28H22N2O5. The van der Waals surface area contributed by atoms with E-state index < -0.39 is 23.5 Å². The van der Waals surface area contributed by atoms with Crippen molar-refractivity contribution >= 4 is 33.9 Å². The van der Waals surface area contributed by atoms with Gasteiger partial charge in [0.25, 0.3) is 11.7 Å². The molecular weight excluding hydrogens is 444 g/mol. The van der Waals surface area contributed by atoms with Crippen molar-refractivity contribution in [3.63, 3.8) is 0 Å². The van der Waals surface area contributed by atoms with Gasteiger partial charge in [0.1, 0.15) is 28.9 Å². The molecule has 174 valence electrons. The lowest BCUT2D eigenvalue weighted by molar-refractivity contribution is -0.132. The zero-order valence-electron chi connectivity index (χ0n) is 19.1. The van der Waals surface area contributed by atoms with E-state index in [1.165, 1.54) is 19.1 Å². The van der Waals surface area contributed by atoms with Crippen molar-refractivity contribution < 1.29 is 24.2 Å². The molecule has 0 saturated carbocycles. The first-order valence-electron chi connectivity index (χ1n) is 11.0. The van der Waals surface area contributed by atoms with Gasteiger partial charge in [0.15, 0.2) is 0 Å². The number of ketones is 1. The van der Waals surface area contributed by atoms with Crippen molar-refractivity contribution in [2.24, 2.45) is 0 Å². The minimum atomic E-state index is -0.961. The smallest absolute Gasteiger partial charge is 0.300 e. The second-order valence-corrected chi connectivity index (χ2v) is 7.96. The number of hydrogen-bond acceptors (Lipinski definition) is 6. The van der Waals surface area contributed by atoms with Crippen LogP contribution in [0.25, 0.3) is 16.5 Å². The van der Waals surface area contributed by atoms with E-state index in [0.717, 1.165) is 10.8 Å². The number of benzene rings is 3. The maximum Gasteiger partial charge on any atom is 0.300 e. The minimum Gasteiger partial charge on any atom is -0.506 e. The van der Waals surface area contributed by atoms with Crippen molar-refractivity contribution in [3.05, 3.63) is 102 Å². The number of ether oxygens (including phenoxy) is 2. The lowest BCUT2D eigenvalue weighted by Gasteiger charge is -2.26. The molecule has 7 heteroatoms. The molecule has 1 unspecified atom stereocenters. The first-order chi connectivity index (χ1) is 17.1. The number of methoxy groups -OCH3 is 2. The maximum atomic E-state index is 13.5. The van der Waals surface area contributed by atoms with Crippen LogP contribution >= 0.6 is 0 Å². The van der Waals surface area contributed by atoms with Gasteiger partial charge in [-0.3, -0.25) is 19.5 Å². The van der Waals surface area contributed by atoms with Gasteiger partial charge in [0, 0.05) is 11.6 Å². The number of aromatic nitrogens is 1. The van der Waals surface area contributed by atoms with Gasteiger partial charge in [0.05, 0.1) is 31.2 Å². The Morgan fingerprint density at radius 3 is 2.20 bits per heavy atom. The van der Waals surface area contributed by atoms with Crippen LogP contribution in [0.5, 0.6) is 11.5 Å². The van der Waals surface area contributed by atoms with Gasteiger partial charge in [-0.05, 0) is 35.7 Å². The standard InChI is InChI=1S/C28H22N2O5/c1-34-21-14-8-15-22(35-2)23(21)26(31)24-25(19-12-5-6-16-29-19)30(28(33)27(24)32)20-13-7-10-17-9-3-4-11-18(17)20/h3-16,25,31H,1-2H3/b26-24+. The molecule has 1 saturated heterocycles. The quantitative estimate of drug-likeness (QED) is 0.256. The maximum absolute atomic E-state index is 13.5. The van der Waals surface area contributed by atoms with Crippen molar-refractivity contribution in [1.82, 2.24) is 4.98 Å². The third kappa shape index (κ3) is 3.58. The summed E-state index contributed by atoms with van der Waals surface area (Å²) in [7, 11) is 2.91. The number of aliphatic hydroxyl groups is 1. The molecule has 1 fully saturated rings. The molecule has 7 nitrogen and oxygen atoms in total. The number of carbonyl (C=O) groups is 2. The molecule has 1 atom stereocenters. The third-order valence-electron chi connectivity index (χ3n) is 6.10. The molecule has 0 aliphatic carbocycles. The predicted octanol–water partition coefficient (Wildman–Crippen LogP) is 4.88. The van der Waals surface area contributed by atoms with Gasteiger partial charge in [-0.25, -0.2) is 0 Å². The molecule has 1 N–H and O–H groups in total. The number of anilines is 1. The highest BCUT2D eigenvalue weighted by Crippen LogP contribution is 2.45. The number of amides is 1. The lowest BCUT2D eigenvalue weighted by atomic mass is 9.97. The molecule has 1 aliphatic rings. The second kappa shape index (κ2) is 8.95. The molecule has 2 heterocycles. The van der Waals surface area contributed by atoms with E-state index in [-0.39, 0.29) is 11.1 Å². The zero-order valence-corrected chi connectivity index (χ0v) is 19.1. The Morgan fingerprint density at radius 2 is 1.51 bits per heavy atom.